The number of carboxylic acid groups (broad SMARTS) is 1. The third kappa shape index (κ3) is 2.25. The van der Waals surface area contributed by atoms with Crippen LogP contribution in [0.4, 0.5) is 0 Å². The van der Waals surface area contributed by atoms with Crippen LogP contribution in [-0.4, -0.2) is 25.2 Å². The predicted octanol–water partition coefficient (Wildman–Crippen LogP) is 0.328. The summed E-state index contributed by atoms with van der Waals surface area (Å²) in [6, 6.07) is 1.24. The maximum atomic E-state index is 11.3. The van der Waals surface area contributed by atoms with Crippen LogP contribution in [0.1, 0.15) is 16.2 Å². The van der Waals surface area contributed by atoms with Crippen LogP contribution in [0.2, 0.25) is 0 Å². The lowest BCUT2D eigenvalue weighted by Crippen LogP contribution is -2.17. The summed E-state index contributed by atoms with van der Waals surface area (Å²) >= 11 is 0. The zero-order chi connectivity index (χ0) is 12.4. The van der Waals surface area contributed by atoms with Crippen molar-refractivity contribution in [3.05, 3.63) is 52.5 Å². The van der Waals surface area contributed by atoms with Gasteiger partial charge in [0, 0.05) is 37.9 Å². The number of hydrogen-bond donors (Lipinski definition) is 1. The maximum absolute atomic E-state index is 11.3. The molecule has 0 saturated carbocycles. The van der Waals surface area contributed by atoms with Gasteiger partial charge in [0.15, 0.2) is 5.43 Å². The van der Waals surface area contributed by atoms with Gasteiger partial charge in [0.05, 0.1) is 6.54 Å². The molecule has 6 nitrogen and oxygen atoms in total. The molecule has 0 fully saturated rings. The largest absolute Gasteiger partial charge is 0.477 e. The van der Waals surface area contributed by atoms with Crippen LogP contribution in [0.3, 0.4) is 0 Å². The van der Waals surface area contributed by atoms with Crippen LogP contribution in [0.5, 0.6) is 0 Å². The van der Waals surface area contributed by atoms with E-state index in [2.05, 4.69) is 4.98 Å². The van der Waals surface area contributed by atoms with Gasteiger partial charge < -0.3 is 14.2 Å². The number of carbonyl (C=O) groups is 1. The minimum absolute atomic E-state index is 0.235. The van der Waals surface area contributed by atoms with E-state index in [4.69, 9.17) is 5.11 Å². The van der Waals surface area contributed by atoms with Crippen LogP contribution in [-0.2, 0) is 13.6 Å². The van der Waals surface area contributed by atoms with Crippen LogP contribution in [0, 0.1) is 0 Å². The zero-order valence-corrected chi connectivity index (χ0v) is 9.20. The summed E-state index contributed by atoms with van der Waals surface area (Å²) in [5, 5.41) is 8.84. The van der Waals surface area contributed by atoms with Crippen molar-refractivity contribution in [3.63, 3.8) is 0 Å². The number of rotatable bonds is 3. The highest BCUT2D eigenvalue weighted by atomic mass is 16.4. The fourth-order valence-corrected chi connectivity index (χ4v) is 1.50. The summed E-state index contributed by atoms with van der Waals surface area (Å²) in [5.74, 6) is -0.436. The van der Waals surface area contributed by atoms with E-state index in [9.17, 15) is 9.59 Å². The molecule has 0 spiro atoms. The first kappa shape index (κ1) is 11.1. The second-order valence-electron chi connectivity index (χ2n) is 3.65. The Labute approximate surface area is 96.8 Å². The number of aromatic carboxylic acids is 1. The Bertz CT molecular complexity index is 612. The summed E-state index contributed by atoms with van der Waals surface area (Å²) in [5.41, 5.74) is -0.727. The van der Waals surface area contributed by atoms with Gasteiger partial charge in [0.1, 0.15) is 11.4 Å². The molecule has 0 saturated heterocycles. The van der Waals surface area contributed by atoms with E-state index in [-0.39, 0.29) is 5.56 Å². The standard InChI is InChI=1S/C11H11N3O3/c1-13-5-3-12-10(13)7-14-4-2-9(15)8(6-14)11(16)17/h2-6H,7H2,1H3,(H,16,17). The van der Waals surface area contributed by atoms with Crippen LogP contribution in [0.25, 0.3) is 0 Å². The van der Waals surface area contributed by atoms with Gasteiger partial charge in [-0.25, -0.2) is 9.78 Å². The Morgan fingerprint density at radius 1 is 1.47 bits per heavy atom. The van der Waals surface area contributed by atoms with Gasteiger partial charge in [-0.1, -0.05) is 0 Å². The van der Waals surface area contributed by atoms with E-state index in [1.165, 1.54) is 12.3 Å². The molecule has 0 atom stereocenters. The molecule has 1 N–H and O–H groups in total. The number of aromatic nitrogens is 3. The van der Waals surface area contributed by atoms with E-state index in [1.807, 2.05) is 11.6 Å². The average molecular weight is 233 g/mol. The Balaban J connectivity index is 2.35. The van der Waals surface area contributed by atoms with Gasteiger partial charge in [-0.3, -0.25) is 4.79 Å². The number of hydrogen-bond acceptors (Lipinski definition) is 3. The van der Waals surface area contributed by atoms with Gasteiger partial charge in [-0.2, -0.15) is 0 Å². The van der Waals surface area contributed by atoms with Crippen molar-refractivity contribution in [3.8, 4) is 0 Å². The fraction of sp³-hybridized carbons (Fsp3) is 0.182. The Hall–Kier alpha value is -2.37. The van der Waals surface area contributed by atoms with Crippen molar-refractivity contribution in [1.29, 1.82) is 0 Å². The summed E-state index contributed by atoms with van der Waals surface area (Å²) in [6.45, 7) is 0.421. The van der Waals surface area contributed by atoms with Crippen molar-refractivity contribution in [1.82, 2.24) is 14.1 Å². The molecule has 88 valence electrons. The van der Waals surface area contributed by atoms with Gasteiger partial charge >= 0.3 is 5.97 Å². The predicted molar refractivity (Wildman–Crippen MR) is 60.0 cm³/mol. The minimum atomic E-state index is -1.22. The molecule has 0 unspecified atom stereocenters. The fourth-order valence-electron chi connectivity index (χ4n) is 1.50. The first-order chi connectivity index (χ1) is 8.08. The number of aryl methyl sites for hydroxylation is 1. The molecule has 2 aromatic heterocycles. The van der Waals surface area contributed by atoms with Crippen LogP contribution >= 0.6 is 0 Å². The molecule has 6 heteroatoms. The quantitative estimate of drug-likeness (QED) is 0.828. The van der Waals surface area contributed by atoms with E-state index in [0.29, 0.717) is 6.54 Å². The lowest BCUT2D eigenvalue weighted by Gasteiger charge is -2.06. The summed E-state index contributed by atoms with van der Waals surface area (Å²) < 4.78 is 3.45. The molecule has 2 heterocycles. The third-order valence-corrected chi connectivity index (χ3v) is 2.45. The third-order valence-electron chi connectivity index (χ3n) is 2.45. The lowest BCUT2D eigenvalue weighted by atomic mass is 10.3. The lowest BCUT2D eigenvalue weighted by molar-refractivity contribution is 0.0694. The zero-order valence-electron chi connectivity index (χ0n) is 9.20. The summed E-state index contributed by atoms with van der Waals surface area (Å²) in [6.07, 6.45) is 6.33. The SMILES string of the molecule is Cn1ccnc1Cn1ccc(=O)c(C(=O)O)c1. The molecule has 0 aliphatic heterocycles. The highest BCUT2D eigenvalue weighted by molar-refractivity contribution is 5.86. The normalized spacial score (nSPS) is 10.4. The first-order valence-corrected chi connectivity index (χ1v) is 4.97. The first-order valence-electron chi connectivity index (χ1n) is 4.97. The Morgan fingerprint density at radius 2 is 2.24 bits per heavy atom. The van der Waals surface area contributed by atoms with Crippen molar-refractivity contribution < 1.29 is 9.90 Å². The molecule has 0 aliphatic rings. The highest BCUT2D eigenvalue weighted by Gasteiger charge is 2.09. The Morgan fingerprint density at radius 3 is 2.82 bits per heavy atom. The maximum Gasteiger partial charge on any atom is 0.341 e. The molecule has 2 aromatic rings. The summed E-state index contributed by atoms with van der Waals surface area (Å²) in [4.78, 5) is 26.2. The van der Waals surface area contributed by atoms with E-state index in [0.717, 1.165) is 5.82 Å². The van der Waals surface area contributed by atoms with Crippen molar-refractivity contribution in [2.45, 2.75) is 6.54 Å². The highest BCUT2D eigenvalue weighted by Crippen LogP contribution is 2.00. The molecule has 0 amide bonds. The van der Waals surface area contributed by atoms with Crippen LogP contribution in [0.15, 0.2) is 35.6 Å². The van der Waals surface area contributed by atoms with Gasteiger partial charge in [0.2, 0.25) is 0 Å². The second kappa shape index (κ2) is 4.25. The van der Waals surface area contributed by atoms with Crippen molar-refractivity contribution >= 4 is 5.97 Å². The van der Waals surface area contributed by atoms with Crippen molar-refractivity contribution in [2.24, 2.45) is 7.05 Å². The molecule has 17 heavy (non-hydrogen) atoms. The second-order valence-corrected chi connectivity index (χ2v) is 3.65. The number of imidazole rings is 1. The van der Waals surface area contributed by atoms with Crippen molar-refractivity contribution in [2.75, 3.05) is 0 Å². The van der Waals surface area contributed by atoms with Gasteiger partial charge in [0.25, 0.3) is 0 Å². The summed E-state index contributed by atoms with van der Waals surface area (Å²) in [7, 11) is 1.85. The molecule has 0 aromatic carbocycles. The topological polar surface area (TPSA) is 77.1 Å². The minimum Gasteiger partial charge on any atom is -0.477 e. The smallest absolute Gasteiger partial charge is 0.341 e. The monoisotopic (exact) mass is 233 g/mol. The van der Waals surface area contributed by atoms with Crippen LogP contribution < -0.4 is 5.43 Å². The number of nitrogens with zero attached hydrogens (tertiary/aromatic N) is 3. The molecule has 0 radical (unpaired) electrons. The van der Waals surface area contributed by atoms with E-state index >= 15 is 0 Å². The molecule has 0 bridgehead atoms. The number of pyridine rings is 1. The molecular weight excluding hydrogens is 222 g/mol. The van der Waals surface area contributed by atoms with E-state index in [1.54, 1.807) is 23.2 Å². The van der Waals surface area contributed by atoms with Gasteiger partial charge in [-0.05, 0) is 0 Å². The molecule has 2 rings (SSSR count). The van der Waals surface area contributed by atoms with Gasteiger partial charge in [-0.15, -0.1) is 0 Å². The molecule has 0 aliphatic carbocycles. The van der Waals surface area contributed by atoms with E-state index < -0.39 is 11.4 Å². The molecular formula is C11H11N3O3. The Kier molecular flexibility index (Phi) is 2.78. The average Bonchev–Trinajstić information content (AvgIpc) is 2.67. The number of carboxylic acids is 1.